The van der Waals surface area contributed by atoms with Gasteiger partial charge in [-0.1, -0.05) is 17.7 Å². The average Bonchev–Trinajstić information content (AvgIpc) is 3.52. The molecule has 1 aliphatic carbocycles. The molecule has 4 aliphatic heterocycles. The second-order valence-electron chi connectivity index (χ2n) is 17.8. The lowest BCUT2D eigenvalue weighted by atomic mass is 9.80. The first-order valence-electron chi connectivity index (χ1n) is 22.2. The van der Waals surface area contributed by atoms with Crippen LogP contribution in [0.15, 0.2) is 53.5 Å². The van der Waals surface area contributed by atoms with Crippen LogP contribution >= 0.6 is 11.6 Å². The molecule has 5 aliphatic rings. The predicted octanol–water partition coefficient (Wildman–Crippen LogP) is 3.80. The van der Waals surface area contributed by atoms with Crippen LogP contribution in [0.2, 0.25) is 5.02 Å². The third-order valence-corrected chi connectivity index (χ3v) is 13.7. The molecule has 4 aromatic rings. The summed E-state index contributed by atoms with van der Waals surface area (Å²) in [5.74, 6) is -1.51. The van der Waals surface area contributed by atoms with Gasteiger partial charge in [-0.05, 0) is 101 Å². The standard InChI is InChI=1S/C46H52ClN9O9/c1-25(2)55-35-7-5-28(18-26(35)19-37(44(55)62)64-24-39(58)48-3)50-40-34(47)23-49-45(52-40)54-14-10-30(11-15-54)65-31-21-29(22-31)53-16-12-46(63,13-17-53)27-4-6-32-33(20-27)43(61)56(42(32)60)36-8-9-38(57)51-41(36)59/h4-7,18-20,23,25,29-31,36,63H,8-17,21-22,24H2,1-3H3,(H,48,58)(H,49,50,52)(H,51,57,59)/t29?,31?,36-/m1/s1. The molecule has 19 heteroatoms. The maximum Gasteiger partial charge on any atom is 0.293 e. The fourth-order valence-electron chi connectivity index (χ4n) is 9.68. The number of aliphatic hydroxyl groups is 1. The van der Waals surface area contributed by atoms with Crippen LogP contribution in [0.4, 0.5) is 17.5 Å². The molecule has 5 amide bonds. The zero-order valence-corrected chi connectivity index (χ0v) is 37.2. The number of nitrogens with zero attached hydrogens (tertiary/aromatic N) is 6. The normalized spacial score (nSPS) is 22.5. The van der Waals surface area contributed by atoms with Crippen LogP contribution in [-0.2, 0) is 24.7 Å². The molecule has 65 heavy (non-hydrogen) atoms. The van der Waals surface area contributed by atoms with Gasteiger partial charge in [0.1, 0.15) is 11.1 Å². The second-order valence-corrected chi connectivity index (χ2v) is 18.3. The molecule has 0 bridgehead atoms. The summed E-state index contributed by atoms with van der Waals surface area (Å²) in [5.41, 5.74) is 0.870. The molecule has 0 unspecified atom stereocenters. The molecule has 18 nitrogen and oxygen atoms in total. The number of likely N-dealkylation sites (tertiary alicyclic amines) is 1. The van der Waals surface area contributed by atoms with Crippen LogP contribution in [0.3, 0.4) is 0 Å². The summed E-state index contributed by atoms with van der Waals surface area (Å²) in [6, 6.07) is 11.2. The van der Waals surface area contributed by atoms with Crippen molar-refractivity contribution in [3.8, 4) is 5.75 Å². The summed E-state index contributed by atoms with van der Waals surface area (Å²) in [7, 11) is 1.51. The van der Waals surface area contributed by atoms with Gasteiger partial charge in [0, 0.05) is 62.8 Å². The van der Waals surface area contributed by atoms with E-state index in [0.29, 0.717) is 73.1 Å². The van der Waals surface area contributed by atoms with Gasteiger partial charge in [0.15, 0.2) is 18.2 Å². The number of anilines is 3. The number of nitrogens with one attached hydrogen (secondary N) is 3. The van der Waals surface area contributed by atoms with Crippen molar-refractivity contribution in [3.63, 3.8) is 0 Å². The first-order chi connectivity index (χ1) is 31.2. The lowest BCUT2D eigenvalue weighted by Crippen LogP contribution is -2.54. The van der Waals surface area contributed by atoms with E-state index in [4.69, 9.17) is 26.1 Å². The van der Waals surface area contributed by atoms with Gasteiger partial charge in [-0.25, -0.2) is 4.98 Å². The van der Waals surface area contributed by atoms with Crippen LogP contribution in [0.25, 0.3) is 10.9 Å². The number of rotatable bonds is 12. The Morgan fingerprint density at radius 3 is 2.40 bits per heavy atom. The minimum atomic E-state index is -1.16. The maximum absolute atomic E-state index is 13.4. The highest BCUT2D eigenvalue weighted by atomic mass is 35.5. The van der Waals surface area contributed by atoms with Gasteiger partial charge in [0.05, 0.1) is 40.6 Å². The zero-order chi connectivity index (χ0) is 45.7. The number of carbonyl (C=O) groups is 5. The summed E-state index contributed by atoms with van der Waals surface area (Å²) >= 11 is 6.59. The first kappa shape index (κ1) is 44.3. The van der Waals surface area contributed by atoms with Gasteiger partial charge in [0.25, 0.3) is 23.3 Å². The average molecular weight is 910 g/mol. The predicted molar refractivity (Wildman–Crippen MR) is 239 cm³/mol. The van der Waals surface area contributed by atoms with E-state index in [1.165, 1.54) is 7.05 Å². The fraction of sp³-hybridized carbons (Fsp3) is 0.478. The molecule has 2 aromatic carbocycles. The molecule has 342 valence electrons. The monoisotopic (exact) mass is 909 g/mol. The van der Waals surface area contributed by atoms with Crippen molar-refractivity contribution in [1.29, 1.82) is 0 Å². The van der Waals surface area contributed by atoms with Gasteiger partial charge < -0.3 is 34.7 Å². The number of ether oxygens (including phenoxy) is 2. The molecule has 0 spiro atoms. The lowest BCUT2D eigenvalue weighted by molar-refractivity contribution is -0.136. The smallest absolute Gasteiger partial charge is 0.293 e. The fourth-order valence-corrected chi connectivity index (χ4v) is 9.82. The number of hydrogen-bond donors (Lipinski definition) is 4. The highest BCUT2D eigenvalue weighted by Crippen LogP contribution is 2.40. The molecule has 2 aromatic heterocycles. The summed E-state index contributed by atoms with van der Waals surface area (Å²) in [5, 5.41) is 20.9. The van der Waals surface area contributed by atoms with E-state index in [1.807, 2.05) is 32.0 Å². The van der Waals surface area contributed by atoms with E-state index >= 15 is 0 Å². The SMILES string of the molecule is CNC(=O)COc1cc2cc(Nc3nc(N4CCC(OC5CC(N6CCC(O)(c7ccc8c(c7)C(=O)N([C@@H]7CCC(=O)NC7=O)C8=O)CC6)C5)CC4)ncc3Cl)ccc2n(C(C)C)c1=O. The third kappa shape index (κ3) is 8.67. The number of carbonyl (C=O) groups excluding carboxylic acids is 5. The quantitative estimate of drug-likeness (QED) is 0.149. The van der Waals surface area contributed by atoms with E-state index in [9.17, 15) is 33.9 Å². The largest absolute Gasteiger partial charge is 0.478 e. The zero-order valence-electron chi connectivity index (χ0n) is 36.5. The summed E-state index contributed by atoms with van der Waals surface area (Å²) in [6.45, 7) is 6.32. The number of halogens is 1. The topological polar surface area (TPSA) is 218 Å². The Hall–Kier alpha value is -5.95. The molecule has 6 heterocycles. The third-order valence-electron chi connectivity index (χ3n) is 13.4. The van der Waals surface area contributed by atoms with Crippen molar-refractivity contribution >= 4 is 69.5 Å². The van der Waals surface area contributed by atoms with E-state index < -0.39 is 35.3 Å². The molecule has 3 saturated heterocycles. The molecule has 4 fully saturated rings. The highest BCUT2D eigenvalue weighted by Gasteiger charge is 2.46. The Labute approximate surface area is 379 Å². The van der Waals surface area contributed by atoms with Crippen molar-refractivity contribution in [2.75, 3.05) is 50.1 Å². The Balaban J connectivity index is 0.754. The van der Waals surface area contributed by atoms with Gasteiger partial charge in [-0.15, -0.1) is 0 Å². The van der Waals surface area contributed by atoms with E-state index in [-0.39, 0.29) is 66.0 Å². The number of imide groups is 2. The van der Waals surface area contributed by atoms with Crippen LogP contribution in [-0.4, -0.2) is 123 Å². The number of piperidine rings is 3. The Morgan fingerprint density at radius 1 is 0.954 bits per heavy atom. The number of amides is 5. The van der Waals surface area contributed by atoms with Crippen LogP contribution in [0.5, 0.6) is 5.75 Å². The van der Waals surface area contributed by atoms with Crippen molar-refractivity contribution in [3.05, 3.63) is 80.7 Å². The number of hydrogen-bond acceptors (Lipinski definition) is 14. The van der Waals surface area contributed by atoms with Crippen LogP contribution in [0, 0.1) is 0 Å². The molecule has 1 atom stereocenters. The maximum atomic E-state index is 13.4. The van der Waals surface area contributed by atoms with E-state index in [2.05, 4.69) is 30.7 Å². The lowest BCUT2D eigenvalue weighted by Gasteiger charge is -2.48. The Bertz CT molecular complexity index is 2630. The van der Waals surface area contributed by atoms with E-state index in [1.54, 1.807) is 35.0 Å². The summed E-state index contributed by atoms with van der Waals surface area (Å²) < 4.78 is 13.8. The van der Waals surface area contributed by atoms with Gasteiger partial charge in [0.2, 0.25) is 17.8 Å². The second kappa shape index (κ2) is 17.8. The first-order valence-corrected chi connectivity index (χ1v) is 22.6. The summed E-state index contributed by atoms with van der Waals surface area (Å²) in [6.07, 6.45) is 6.38. The molecular formula is C46H52ClN9O9. The minimum Gasteiger partial charge on any atom is -0.478 e. The van der Waals surface area contributed by atoms with Crippen molar-refractivity contribution < 1.29 is 38.6 Å². The number of benzene rings is 2. The number of likely N-dealkylation sites (N-methyl/N-ethyl adjacent to an activating group) is 1. The minimum absolute atomic E-state index is 0.0480. The van der Waals surface area contributed by atoms with Crippen LogP contribution < -0.4 is 31.1 Å². The number of fused-ring (bicyclic) bond motifs is 2. The van der Waals surface area contributed by atoms with Gasteiger partial charge in [-0.2, -0.15) is 4.98 Å². The van der Waals surface area contributed by atoms with Crippen LogP contribution in [0.1, 0.15) is 97.5 Å². The molecule has 0 radical (unpaired) electrons. The van der Waals surface area contributed by atoms with Gasteiger partial charge >= 0.3 is 0 Å². The highest BCUT2D eigenvalue weighted by molar-refractivity contribution is 6.33. The number of pyridine rings is 1. The summed E-state index contributed by atoms with van der Waals surface area (Å²) in [4.78, 5) is 90.6. The van der Waals surface area contributed by atoms with Gasteiger partial charge in [-0.3, -0.25) is 43.9 Å². The van der Waals surface area contributed by atoms with Crippen molar-refractivity contribution in [2.45, 2.75) is 101 Å². The molecule has 4 N–H and O–H groups in total. The molecule has 1 saturated carbocycles. The Morgan fingerprint density at radius 2 is 1.69 bits per heavy atom. The van der Waals surface area contributed by atoms with Crippen molar-refractivity contribution in [1.82, 2.24) is 35.0 Å². The van der Waals surface area contributed by atoms with E-state index in [0.717, 1.165) is 41.5 Å². The Kier molecular flexibility index (Phi) is 12.1. The number of aromatic nitrogens is 3. The van der Waals surface area contributed by atoms with Crippen molar-refractivity contribution in [2.24, 2.45) is 0 Å². The molecular weight excluding hydrogens is 858 g/mol. The molecule has 9 rings (SSSR count).